The number of piperidine rings is 1. The van der Waals surface area contributed by atoms with Gasteiger partial charge in [0, 0.05) is 6.54 Å². The molecule has 1 saturated heterocycles. The fourth-order valence-electron chi connectivity index (χ4n) is 2.00. The Labute approximate surface area is 80.5 Å². The van der Waals surface area contributed by atoms with Gasteiger partial charge in [0.05, 0.1) is 12.1 Å². The van der Waals surface area contributed by atoms with Crippen LogP contribution in [0.1, 0.15) is 26.2 Å². The largest absolute Gasteiger partial charge is 0.330 e. The zero-order valence-electron chi connectivity index (χ0n) is 8.37. The monoisotopic (exact) mass is 181 g/mol. The molecule has 1 aliphatic rings. The maximum Gasteiger partial charge on any atom is 0.0975 e. The maximum absolute atomic E-state index is 8.91. The van der Waals surface area contributed by atoms with Crippen LogP contribution < -0.4 is 5.73 Å². The summed E-state index contributed by atoms with van der Waals surface area (Å²) in [6.07, 6.45) is 3.35. The standard InChI is InChI=1S/C10H19N3/c1-2-10(7-12)13-5-3-4-9(6-11)8-13/h9-10H,2-6,8,11H2,1H3. The summed E-state index contributed by atoms with van der Waals surface area (Å²) in [5.41, 5.74) is 5.64. The normalized spacial score (nSPS) is 26.7. The molecule has 1 rings (SSSR count). The summed E-state index contributed by atoms with van der Waals surface area (Å²) in [5.74, 6) is 0.608. The van der Waals surface area contributed by atoms with Gasteiger partial charge in [-0.2, -0.15) is 5.26 Å². The van der Waals surface area contributed by atoms with E-state index in [4.69, 9.17) is 11.0 Å². The van der Waals surface area contributed by atoms with Crippen molar-refractivity contribution in [2.24, 2.45) is 11.7 Å². The van der Waals surface area contributed by atoms with E-state index in [-0.39, 0.29) is 6.04 Å². The third-order valence-corrected chi connectivity index (χ3v) is 2.86. The third-order valence-electron chi connectivity index (χ3n) is 2.86. The Morgan fingerprint density at radius 3 is 3.00 bits per heavy atom. The first-order chi connectivity index (χ1) is 6.31. The molecule has 0 radical (unpaired) electrons. The minimum absolute atomic E-state index is 0.106. The van der Waals surface area contributed by atoms with Gasteiger partial charge in [-0.15, -0.1) is 0 Å². The average molecular weight is 181 g/mol. The van der Waals surface area contributed by atoms with Crippen molar-refractivity contribution in [3.63, 3.8) is 0 Å². The van der Waals surface area contributed by atoms with Gasteiger partial charge in [-0.3, -0.25) is 4.90 Å². The quantitative estimate of drug-likeness (QED) is 0.705. The van der Waals surface area contributed by atoms with Gasteiger partial charge in [0.1, 0.15) is 0 Å². The molecular formula is C10H19N3. The Balaban J connectivity index is 2.46. The Morgan fingerprint density at radius 2 is 2.46 bits per heavy atom. The topological polar surface area (TPSA) is 53.0 Å². The van der Waals surface area contributed by atoms with E-state index in [9.17, 15) is 0 Å². The lowest BCUT2D eigenvalue weighted by Gasteiger charge is -2.34. The van der Waals surface area contributed by atoms with Crippen molar-refractivity contribution >= 4 is 0 Å². The Hall–Kier alpha value is -0.590. The highest BCUT2D eigenvalue weighted by Gasteiger charge is 2.23. The van der Waals surface area contributed by atoms with Gasteiger partial charge in [-0.1, -0.05) is 6.92 Å². The van der Waals surface area contributed by atoms with E-state index in [0.29, 0.717) is 5.92 Å². The Morgan fingerprint density at radius 1 is 1.69 bits per heavy atom. The van der Waals surface area contributed by atoms with Crippen molar-refractivity contribution in [2.45, 2.75) is 32.2 Å². The van der Waals surface area contributed by atoms with Gasteiger partial charge in [0.2, 0.25) is 0 Å². The van der Waals surface area contributed by atoms with Gasteiger partial charge in [-0.25, -0.2) is 0 Å². The predicted molar refractivity (Wildman–Crippen MR) is 53.0 cm³/mol. The first-order valence-electron chi connectivity index (χ1n) is 5.15. The second-order valence-corrected chi connectivity index (χ2v) is 3.79. The van der Waals surface area contributed by atoms with E-state index in [0.717, 1.165) is 26.1 Å². The summed E-state index contributed by atoms with van der Waals surface area (Å²) in [6.45, 7) is 4.92. The van der Waals surface area contributed by atoms with Crippen molar-refractivity contribution in [2.75, 3.05) is 19.6 Å². The molecule has 0 aromatic heterocycles. The zero-order chi connectivity index (χ0) is 9.68. The lowest BCUT2D eigenvalue weighted by molar-refractivity contribution is 0.148. The number of hydrogen-bond donors (Lipinski definition) is 1. The van der Waals surface area contributed by atoms with Gasteiger partial charge < -0.3 is 5.73 Å². The minimum Gasteiger partial charge on any atom is -0.330 e. The number of likely N-dealkylation sites (tertiary alicyclic amines) is 1. The lowest BCUT2D eigenvalue weighted by atomic mass is 9.96. The van der Waals surface area contributed by atoms with Gasteiger partial charge >= 0.3 is 0 Å². The Kier molecular flexibility index (Phi) is 4.20. The summed E-state index contributed by atoms with van der Waals surface area (Å²) in [7, 11) is 0. The summed E-state index contributed by atoms with van der Waals surface area (Å²) in [5, 5.41) is 8.91. The van der Waals surface area contributed by atoms with Crippen molar-refractivity contribution < 1.29 is 0 Å². The smallest absolute Gasteiger partial charge is 0.0975 e. The van der Waals surface area contributed by atoms with Crippen LogP contribution >= 0.6 is 0 Å². The van der Waals surface area contributed by atoms with Crippen LogP contribution in [0.25, 0.3) is 0 Å². The molecule has 1 heterocycles. The van der Waals surface area contributed by atoms with E-state index in [1.54, 1.807) is 0 Å². The van der Waals surface area contributed by atoms with Crippen molar-refractivity contribution in [1.82, 2.24) is 4.90 Å². The van der Waals surface area contributed by atoms with E-state index >= 15 is 0 Å². The van der Waals surface area contributed by atoms with Crippen LogP contribution in [0.15, 0.2) is 0 Å². The number of nitrogens with two attached hydrogens (primary N) is 1. The highest BCUT2D eigenvalue weighted by atomic mass is 15.2. The molecule has 0 aliphatic carbocycles. The van der Waals surface area contributed by atoms with E-state index in [1.807, 2.05) is 0 Å². The number of rotatable bonds is 3. The zero-order valence-corrected chi connectivity index (χ0v) is 8.37. The molecule has 3 heteroatoms. The van der Waals surface area contributed by atoms with Crippen LogP contribution in [0, 0.1) is 17.2 Å². The molecule has 0 saturated carbocycles. The number of nitriles is 1. The molecule has 3 nitrogen and oxygen atoms in total. The second-order valence-electron chi connectivity index (χ2n) is 3.79. The summed E-state index contributed by atoms with van der Waals surface area (Å²) >= 11 is 0. The first kappa shape index (κ1) is 10.5. The molecule has 0 bridgehead atoms. The second kappa shape index (κ2) is 5.21. The molecule has 0 spiro atoms. The van der Waals surface area contributed by atoms with Crippen molar-refractivity contribution in [3.05, 3.63) is 0 Å². The molecule has 0 aromatic rings. The third kappa shape index (κ3) is 2.68. The van der Waals surface area contributed by atoms with Crippen molar-refractivity contribution in [3.8, 4) is 6.07 Å². The summed E-state index contributed by atoms with van der Waals surface area (Å²) < 4.78 is 0. The van der Waals surface area contributed by atoms with Gasteiger partial charge in [0.15, 0.2) is 0 Å². The van der Waals surface area contributed by atoms with Crippen LogP contribution in [-0.4, -0.2) is 30.6 Å². The molecule has 0 amide bonds. The van der Waals surface area contributed by atoms with Gasteiger partial charge in [0.25, 0.3) is 0 Å². The molecule has 2 unspecified atom stereocenters. The summed E-state index contributed by atoms with van der Waals surface area (Å²) in [6, 6.07) is 2.46. The Bertz CT molecular complexity index is 185. The number of nitrogens with zero attached hydrogens (tertiary/aromatic N) is 2. The maximum atomic E-state index is 8.91. The van der Waals surface area contributed by atoms with Crippen LogP contribution in [0.3, 0.4) is 0 Å². The molecule has 2 N–H and O–H groups in total. The van der Waals surface area contributed by atoms with E-state index in [1.165, 1.54) is 12.8 Å². The van der Waals surface area contributed by atoms with Crippen LogP contribution in [0.5, 0.6) is 0 Å². The van der Waals surface area contributed by atoms with Crippen LogP contribution in [0.4, 0.5) is 0 Å². The highest BCUT2D eigenvalue weighted by Crippen LogP contribution is 2.18. The van der Waals surface area contributed by atoms with E-state index < -0.39 is 0 Å². The van der Waals surface area contributed by atoms with Crippen LogP contribution in [-0.2, 0) is 0 Å². The fourth-order valence-corrected chi connectivity index (χ4v) is 2.00. The molecule has 1 aliphatic heterocycles. The minimum atomic E-state index is 0.106. The summed E-state index contributed by atoms with van der Waals surface area (Å²) in [4.78, 5) is 2.28. The highest BCUT2D eigenvalue weighted by molar-refractivity contribution is 4.92. The predicted octanol–water partition coefficient (Wildman–Crippen LogP) is 0.959. The SMILES string of the molecule is CCC(C#N)N1CCCC(CN)C1. The average Bonchev–Trinajstić information content (AvgIpc) is 2.20. The van der Waals surface area contributed by atoms with Crippen LogP contribution in [0.2, 0.25) is 0 Å². The molecule has 2 atom stereocenters. The fraction of sp³-hybridized carbons (Fsp3) is 0.900. The first-order valence-corrected chi connectivity index (χ1v) is 5.15. The molecule has 13 heavy (non-hydrogen) atoms. The van der Waals surface area contributed by atoms with Crippen molar-refractivity contribution in [1.29, 1.82) is 5.26 Å². The molecule has 0 aromatic carbocycles. The van der Waals surface area contributed by atoms with E-state index in [2.05, 4.69) is 17.9 Å². The molecular weight excluding hydrogens is 162 g/mol. The van der Waals surface area contributed by atoms with Gasteiger partial charge in [-0.05, 0) is 38.3 Å². The molecule has 1 fully saturated rings. The lowest BCUT2D eigenvalue weighted by Crippen LogP contribution is -2.43. The molecule has 74 valence electrons. The number of hydrogen-bond acceptors (Lipinski definition) is 3.